The van der Waals surface area contributed by atoms with Gasteiger partial charge in [-0.25, -0.2) is 23.9 Å². The number of hydrogen-bond donors (Lipinski definition) is 3. The summed E-state index contributed by atoms with van der Waals surface area (Å²) < 4.78 is 45.2. The van der Waals surface area contributed by atoms with Crippen LogP contribution in [0.15, 0.2) is 30.5 Å². The molecule has 0 saturated heterocycles. The summed E-state index contributed by atoms with van der Waals surface area (Å²) in [4.78, 5) is 27.8. The van der Waals surface area contributed by atoms with Gasteiger partial charge in [-0.15, -0.1) is 0 Å². The summed E-state index contributed by atoms with van der Waals surface area (Å²) in [6.07, 6.45) is -0.954. The average Bonchev–Trinajstić information content (AvgIpc) is 2.62. The van der Waals surface area contributed by atoms with Crippen LogP contribution >= 0.6 is 0 Å². The lowest BCUT2D eigenvalue weighted by Crippen LogP contribution is -2.21. The Hall–Kier alpha value is -3.24. The van der Waals surface area contributed by atoms with Crippen molar-refractivity contribution in [3.8, 4) is 0 Å². The topological polar surface area (TPSA) is 112 Å². The van der Waals surface area contributed by atoms with Crippen molar-refractivity contribution >= 4 is 17.9 Å². The van der Waals surface area contributed by atoms with Gasteiger partial charge in [0.25, 0.3) is 0 Å². The van der Waals surface area contributed by atoms with E-state index < -0.39 is 18.1 Å². The third-order valence-corrected chi connectivity index (χ3v) is 3.84. The van der Waals surface area contributed by atoms with Gasteiger partial charge in [0.15, 0.2) is 5.69 Å². The predicted octanol–water partition coefficient (Wildman–Crippen LogP) is 3.44. The molecule has 1 aliphatic carbocycles. The van der Waals surface area contributed by atoms with Crippen molar-refractivity contribution in [1.82, 2.24) is 9.97 Å². The third kappa shape index (κ3) is 5.63. The second-order valence-corrected chi connectivity index (χ2v) is 5.81. The molecule has 0 amide bonds. The number of aromatic nitrogens is 2. The number of carboxylic acid groups (broad SMARTS) is 2. The van der Waals surface area contributed by atoms with Gasteiger partial charge in [-0.1, -0.05) is 6.07 Å². The number of alkyl halides is 3. The molecule has 0 aliphatic heterocycles. The zero-order valence-electron chi connectivity index (χ0n) is 14.2. The summed E-state index contributed by atoms with van der Waals surface area (Å²) in [7, 11) is 0. The number of carbonyl (C=O) groups is 2. The normalized spacial score (nSPS) is 15.6. The van der Waals surface area contributed by atoms with E-state index in [4.69, 9.17) is 15.0 Å². The molecule has 28 heavy (non-hydrogen) atoms. The molecule has 0 bridgehead atoms. The fourth-order valence-electron chi connectivity index (χ4n) is 2.62. The van der Waals surface area contributed by atoms with Crippen LogP contribution in [0.4, 0.5) is 23.5 Å². The minimum absolute atomic E-state index is 0.0669. The molecule has 3 rings (SSSR count). The van der Waals surface area contributed by atoms with E-state index in [0.29, 0.717) is 0 Å². The van der Waals surface area contributed by atoms with E-state index in [9.17, 15) is 22.4 Å². The number of nitrogens with one attached hydrogen (secondary N) is 1. The number of hydrogen-bond acceptors (Lipinski definition) is 5. The number of carboxylic acids is 2. The van der Waals surface area contributed by atoms with Crippen molar-refractivity contribution in [2.75, 3.05) is 5.32 Å². The Labute approximate surface area is 156 Å². The molecule has 1 aliphatic rings. The lowest BCUT2D eigenvalue weighted by molar-refractivity contribution is -0.192. The number of aromatic carboxylic acids is 1. The Bertz CT molecular complexity index is 874. The molecular formula is C17H15F4N3O4. The van der Waals surface area contributed by atoms with E-state index in [1.807, 2.05) is 0 Å². The number of aliphatic carboxylic acids is 1. The number of nitrogens with zero attached hydrogens (tertiary/aromatic N) is 2. The van der Waals surface area contributed by atoms with E-state index in [1.165, 1.54) is 24.4 Å². The average molecular weight is 401 g/mol. The van der Waals surface area contributed by atoms with Gasteiger partial charge in [-0.05, 0) is 48.6 Å². The van der Waals surface area contributed by atoms with E-state index >= 15 is 0 Å². The standard InChI is InChI=1S/C15H14FN3O2.C2HF3O2/c16-10-5-4-9-2-1-3-12(11(9)8-10)18-15-17-7-6-13(19-15)14(20)21;3-2(4,5)1(6)7/h4-8,12H,1-3H2,(H,20,21)(H,17,18,19);(H,6,7)/t12-;/m0./s1. The second kappa shape index (κ2) is 8.63. The van der Waals surface area contributed by atoms with Crippen molar-refractivity contribution in [3.63, 3.8) is 0 Å². The predicted molar refractivity (Wildman–Crippen MR) is 88.4 cm³/mol. The van der Waals surface area contributed by atoms with E-state index in [0.717, 1.165) is 30.4 Å². The summed E-state index contributed by atoms with van der Waals surface area (Å²) in [6.45, 7) is 0. The summed E-state index contributed by atoms with van der Waals surface area (Å²) in [5.41, 5.74) is 1.93. The molecule has 7 nitrogen and oxygen atoms in total. The number of rotatable bonds is 3. The summed E-state index contributed by atoms with van der Waals surface area (Å²) in [5.74, 6) is -3.89. The molecule has 3 N–H and O–H groups in total. The first-order valence-corrected chi connectivity index (χ1v) is 7.99. The van der Waals surface area contributed by atoms with Crippen molar-refractivity contribution in [1.29, 1.82) is 0 Å². The van der Waals surface area contributed by atoms with Crippen molar-refractivity contribution in [3.05, 3.63) is 53.1 Å². The largest absolute Gasteiger partial charge is 0.490 e. The highest BCUT2D eigenvalue weighted by Gasteiger charge is 2.38. The molecule has 2 aromatic rings. The molecule has 1 atom stereocenters. The van der Waals surface area contributed by atoms with Gasteiger partial charge < -0.3 is 15.5 Å². The molecule has 1 aromatic heterocycles. The SMILES string of the molecule is O=C(O)C(F)(F)F.O=C(O)c1ccnc(N[C@H]2CCCc3ccc(F)cc32)n1. The van der Waals surface area contributed by atoms with Crippen LogP contribution < -0.4 is 5.32 Å². The van der Waals surface area contributed by atoms with Crippen LogP contribution in [0.1, 0.15) is 40.5 Å². The van der Waals surface area contributed by atoms with Crippen LogP contribution in [0.3, 0.4) is 0 Å². The fraction of sp³-hybridized carbons (Fsp3) is 0.294. The smallest absolute Gasteiger partial charge is 0.477 e. The zero-order valence-corrected chi connectivity index (χ0v) is 14.2. The van der Waals surface area contributed by atoms with Crippen LogP contribution in [-0.4, -0.2) is 38.3 Å². The van der Waals surface area contributed by atoms with Crippen LogP contribution in [0.25, 0.3) is 0 Å². The van der Waals surface area contributed by atoms with Gasteiger partial charge in [-0.3, -0.25) is 0 Å². The summed E-state index contributed by atoms with van der Waals surface area (Å²) >= 11 is 0. The summed E-state index contributed by atoms with van der Waals surface area (Å²) in [5, 5.41) is 19.2. The molecule has 0 radical (unpaired) electrons. The van der Waals surface area contributed by atoms with Crippen LogP contribution in [-0.2, 0) is 11.2 Å². The minimum atomic E-state index is -5.08. The lowest BCUT2D eigenvalue weighted by Gasteiger charge is -2.26. The molecule has 0 spiro atoms. The number of benzene rings is 1. The molecule has 0 fully saturated rings. The van der Waals surface area contributed by atoms with Gasteiger partial charge in [0.05, 0.1) is 6.04 Å². The van der Waals surface area contributed by atoms with Crippen LogP contribution in [0.5, 0.6) is 0 Å². The molecule has 1 heterocycles. The fourth-order valence-corrected chi connectivity index (χ4v) is 2.62. The Morgan fingerprint density at radius 3 is 2.46 bits per heavy atom. The van der Waals surface area contributed by atoms with Gasteiger partial charge in [0, 0.05) is 6.20 Å². The van der Waals surface area contributed by atoms with Crippen molar-refractivity contribution in [2.45, 2.75) is 31.5 Å². The zero-order chi connectivity index (χ0) is 20.9. The highest BCUT2D eigenvalue weighted by molar-refractivity contribution is 5.85. The first-order chi connectivity index (χ1) is 13.1. The highest BCUT2D eigenvalue weighted by Crippen LogP contribution is 2.32. The number of anilines is 1. The molecule has 11 heteroatoms. The monoisotopic (exact) mass is 401 g/mol. The van der Waals surface area contributed by atoms with Gasteiger partial charge >= 0.3 is 18.1 Å². The van der Waals surface area contributed by atoms with Crippen LogP contribution in [0, 0.1) is 5.82 Å². The second-order valence-electron chi connectivity index (χ2n) is 5.81. The Morgan fingerprint density at radius 2 is 1.86 bits per heavy atom. The van der Waals surface area contributed by atoms with E-state index in [1.54, 1.807) is 6.07 Å². The quantitative estimate of drug-likeness (QED) is 0.676. The molecular weight excluding hydrogens is 386 g/mol. The molecule has 0 saturated carbocycles. The lowest BCUT2D eigenvalue weighted by atomic mass is 9.87. The Morgan fingerprint density at radius 1 is 1.18 bits per heavy atom. The highest BCUT2D eigenvalue weighted by atomic mass is 19.4. The minimum Gasteiger partial charge on any atom is -0.477 e. The maximum atomic E-state index is 13.4. The Kier molecular flexibility index (Phi) is 6.49. The summed E-state index contributed by atoms with van der Waals surface area (Å²) in [6, 6.07) is 6.01. The van der Waals surface area contributed by atoms with Gasteiger partial charge in [0.1, 0.15) is 5.82 Å². The Balaban J connectivity index is 0.000000345. The number of aryl methyl sites for hydroxylation is 1. The first kappa shape index (κ1) is 21.1. The van der Waals surface area contributed by atoms with Crippen molar-refractivity contribution in [2.24, 2.45) is 0 Å². The molecule has 1 aromatic carbocycles. The van der Waals surface area contributed by atoms with Gasteiger partial charge in [-0.2, -0.15) is 13.2 Å². The van der Waals surface area contributed by atoms with Crippen molar-refractivity contribution < 1.29 is 37.4 Å². The van der Waals surface area contributed by atoms with Crippen LogP contribution in [0.2, 0.25) is 0 Å². The number of halogens is 4. The van der Waals surface area contributed by atoms with E-state index in [2.05, 4.69) is 15.3 Å². The maximum absolute atomic E-state index is 13.4. The maximum Gasteiger partial charge on any atom is 0.490 e. The third-order valence-electron chi connectivity index (χ3n) is 3.84. The first-order valence-electron chi connectivity index (χ1n) is 7.99. The molecule has 150 valence electrons. The van der Waals surface area contributed by atoms with E-state index in [-0.39, 0.29) is 23.5 Å². The van der Waals surface area contributed by atoms with Gasteiger partial charge in [0.2, 0.25) is 5.95 Å². The number of fused-ring (bicyclic) bond motifs is 1. The molecule has 0 unspecified atom stereocenters.